The molecule has 0 radical (unpaired) electrons. The minimum absolute atomic E-state index is 0.0515. The van der Waals surface area contributed by atoms with E-state index in [1.165, 1.54) is 0 Å². The Labute approximate surface area is 102 Å². The van der Waals surface area contributed by atoms with Crippen LogP contribution in [0.5, 0.6) is 0 Å². The van der Waals surface area contributed by atoms with E-state index in [2.05, 4.69) is 10.2 Å². The molecule has 0 aliphatic rings. The highest BCUT2D eigenvalue weighted by atomic mass is 35.5. The van der Waals surface area contributed by atoms with Gasteiger partial charge < -0.3 is 4.42 Å². The van der Waals surface area contributed by atoms with Gasteiger partial charge >= 0.3 is 0 Å². The van der Waals surface area contributed by atoms with Crippen molar-refractivity contribution in [3.63, 3.8) is 0 Å². The summed E-state index contributed by atoms with van der Waals surface area (Å²) in [6, 6.07) is 6.99. The smallest absolute Gasteiger partial charge is 0.247 e. The summed E-state index contributed by atoms with van der Waals surface area (Å²) in [5.41, 5.74) is 2.68. The molecule has 0 fully saturated rings. The van der Waals surface area contributed by atoms with Crippen molar-refractivity contribution in [2.45, 2.75) is 6.42 Å². The fraction of sp³-hybridized carbons (Fsp3) is 0.100. The summed E-state index contributed by atoms with van der Waals surface area (Å²) in [5, 5.41) is 8.12. The number of nitrogens with two attached hydrogens (primary N) is 1. The molecule has 1 aromatic heterocycles. The average Bonchev–Trinajstić information content (AvgIpc) is 2.77. The van der Waals surface area contributed by atoms with E-state index in [1.54, 1.807) is 24.3 Å². The first kappa shape index (κ1) is 11.6. The number of rotatable bonds is 3. The fourth-order valence-corrected chi connectivity index (χ4v) is 1.44. The van der Waals surface area contributed by atoms with Crippen LogP contribution in [0.4, 0.5) is 0 Å². The number of nitrogens with zero attached hydrogens (tertiary/aromatic N) is 2. The predicted molar refractivity (Wildman–Crippen MR) is 60.8 cm³/mol. The van der Waals surface area contributed by atoms with Gasteiger partial charge in [0.2, 0.25) is 17.7 Å². The second-order valence-corrected chi connectivity index (χ2v) is 3.69. The largest absolute Gasteiger partial charge is 0.420 e. The molecule has 0 saturated carbocycles. The fourth-order valence-electron chi connectivity index (χ4n) is 1.25. The molecule has 6 nitrogen and oxygen atoms in total. The summed E-state index contributed by atoms with van der Waals surface area (Å²) >= 11 is 5.84. The van der Waals surface area contributed by atoms with Gasteiger partial charge in [-0.25, -0.2) is 5.84 Å². The van der Waals surface area contributed by atoms with Crippen LogP contribution in [0.2, 0.25) is 5.02 Å². The maximum atomic E-state index is 11.0. The summed E-state index contributed by atoms with van der Waals surface area (Å²) in [6.45, 7) is 0. The molecule has 2 aromatic rings. The van der Waals surface area contributed by atoms with Crippen molar-refractivity contribution in [3.05, 3.63) is 35.2 Å². The molecule has 0 aliphatic heterocycles. The van der Waals surface area contributed by atoms with E-state index in [-0.39, 0.29) is 12.3 Å². The van der Waals surface area contributed by atoms with Crippen molar-refractivity contribution < 1.29 is 9.21 Å². The van der Waals surface area contributed by atoms with E-state index in [9.17, 15) is 4.79 Å². The predicted octanol–water partition coefficient (Wildman–Crippen LogP) is 0.922. The molecule has 3 N–H and O–H groups in total. The molecule has 0 aliphatic carbocycles. The van der Waals surface area contributed by atoms with Crippen molar-refractivity contribution in [1.29, 1.82) is 0 Å². The van der Waals surface area contributed by atoms with Crippen LogP contribution in [0.15, 0.2) is 28.7 Å². The van der Waals surface area contributed by atoms with Gasteiger partial charge in [0, 0.05) is 10.6 Å². The Morgan fingerprint density at radius 3 is 3.00 bits per heavy atom. The molecule has 1 aromatic carbocycles. The number of benzene rings is 1. The van der Waals surface area contributed by atoms with Gasteiger partial charge in [-0.3, -0.25) is 10.2 Å². The minimum Gasteiger partial charge on any atom is -0.420 e. The zero-order valence-electron chi connectivity index (χ0n) is 8.68. The van der Waals surface area contributed by atoms with Crippen LogP contribution in [0.25, 0.3) is 11.5 Å². The molecule has 7 heteroatoms. The molecule has 17 heavy (non-hydrogen) atoms. The summed E-state index contributed by atoms with van der Waals surface area (Å²) in [7, 11) is 0. The van der Waals surface area contributed by atoms with Gasteiger partial charge in [0.25, 0.3) is 0 Å². The first-order valence-corrected chi connectivity index (χ1v) is 5.14. The van der Waals surface area contributed by atoms with Crippen LogP contribution < -0.4 is 11.3 Å². The van der Waals surface area contributed by atoms with E-state index in [0.717, 1.165) is 0 Å². The Balaban J connectivity index is 2.21. The molecule has 0 atom stereocenters. The van der Waals surface area contributed by atoms with E-state index in [4.69, 9.17) is 21.9 Å². The third-order valence-electron chi connectivity index (χ3n) is 2.01. The standard InChI is InChI=1S/C10H9ClN4O2/c11-7-3-1-2-6(4-7)10-15-14-9(17-10)5-8(16)13-12/h1-4H,5,12H2,(H,13,16). The second kappa shape index (κ2) is 4.94. The maximum Gasteiger partial charge on any atom is 0.247 e. The Bertz CT molecular complexity index is 541. The highest BCUT2D eigenvalue weighted by Gasteiger charge is 2.11. The first-order chi connectivity index (χ1) is 8.19. The maximum absolute atomic E-state index is 11.0. The number of carbonyl (C=O) groups is 1. The number of hydrogen-bond donors (Lipinski definition) is 2. The summed E-state index contributed by atoms with van der Waals surface area (Å²) < 4.78 is 5.30. The van der Waals surface area contributed by atoms with Gasteiger partial charge in [0.15, 0.2) is 0 Å². The lowest BCUT2D eigenvalue weighted by molar-refractivity contribution is -0.120. The highest BCUT2D eigenvalue weighted by Crippen LogP contribution is 2.21. The number of nitrogens with one attached hydrogen (secondary N) is 1. The van der Waals surface area contributed by atoms with E-state index >= 15 is 0 Å². The SMILES string of the molecule is NNC(=O)Cc1nnc(-c2cccc(Cl)c2)o1. The minimum atomic E-state index is -0.397. The quantitative estimate of drug-likeness (QED) is 0.481. The lowest BCUT2D eigenvalue weighted by Crippen LogP contribution is -2.31. The number of hydrogen-bond acceptors (Lipinski definition) is 5. The van der Waals surface area contributed by atoms with Gasteiger partial charge in [-0.1, -0.05) is 17.7 Å². The van der Waals surface area contributed by atoms with Crippen molar-refractivity contribution in [2.75, 3.05) is 0 Å². The van der Waals surface area contributed by atoms with Gasteiger partial charge in [0.1, 0.15) is 6.42 Å². The molecule has 88 valence electrons. The van der Waals surface area contributed by atoms with Crippen molar-refractivity contribution in [2.24, 2.45) is 5.84 Å². The molecule has 0 unspecified atom stereocenters. The van der Waals surface area contributed by atoms with Crippen molar-refractivity contribution in [3.8, 4) is 11.5 Å². The monoisotopic (exact) mass is 252 g/mol. The van der Waals surface area contributed by atoms with E-state index in [0.29, 0.717) is 16.5 Å². The van der Waals surface area contributed by atoms with Gasteiger partial charge in [-0.2, -0.15) is 0 Å². The molecular weight excluding hydrogens is 244 g/mol. The zero-order valence-corrected chi connectivity index (χ0v) is 9.44. The topological polar surface area (TPSA) is 94.0 Å². The van der Waals surface area contributed by atoms with E-state index < -0.39 is 5.91 Å². The summed E-state index contributed by atoms with van der Waals surface area (Å²) in [6.07, 6.45) is -0.0515. The number of amides is 1. The van der Waals surface area contributed by atoms with Crippen molar-refractivity contribution in [1.82, 2.24) is 15.6 Å². The first-order valence-electron chi connectivity index (χ1n) is 4.77. The van der Waals surface area contributed by atoms with Crippen LogP contribution in [-0.4, -0.2) is 16.1 Å². The van der Waals surface area contributed by atoms with Crippen LogP contribution in [0.3, 0.4) is 0 Å². The molecule has 2 rings (SSSR count). The molecular formula is C10H9ClN4O2. The van der Waals surface area contributed by atoms with E-state index in [1.807, 2.05) is 5.43 Å². The molecule has 1 amide bonds. The third kappa shape index (κ3) is 2.80. The molecule has 0 spiro atoms. The van der Waals surface area contributed by atoms with Gasteiger partial charge in [0.05, 0.1) is 0 Å². The van der Waals surface area contributed by atoms with Gasteiger partial charge in [-0.15, -0.1) is 10.2 Å². The molecule has 0 saturated heterocycles. The summed E-state index contributed by atoms with van der Waals surface area (Å²) in [4.78, 5) is 11.0. The number of halogens is 1. The Hall–Kier alpha value is -1.92. The number of hydrazine groups is 1. The third-order valence-corrected chi connectivity index (χ3v) is 2.25. The Morgan fingerprint density at radius 1 is 1.47 bits per heavy atom. The van der Waals surface area contributed by atoms with Crippen LogP contribution in [-0.2, 0) is 11.2 Å². The number of aromatic nitrogens is 2. The average molecular weight is 253 g/mol. The second-order valence-electron chi connectivity index (χ2n) is 3.26. The summed E-state index contributed by atoms with van der Waals surface area (Å²) in [5.74, 6) is 5.06. The number of carbonyl (C=O) groups excluding carboxylic acids is 1. The lowest BCUT2D eigenvalue weighted by atomic mass is 10.2. The van der Waals surface area contributed by atoms with Gasteiger partial charge in [-0.05, 0) is 18.2 Å². The zero-order chi connectivity index (χ0) is 12.3. The molecule has 1 heterocycles. The lowest BCUT2D eigenvalue weighted by Gasteiger charge is -1.95. The van der Waals surface area contributed by atoms with Crippen LogP contribution in [0.1, 0.15) is 5.89 Å². The molecule has 0 bridgehead atoms. The Morgan fingerprint density at radius 2 is 2.29 bits per heavy atom. The van der Waals surface area contributed by atoms with Crippen LogP contribution in [0, 0.1) is 0 Å². The Kier molecular flexibility index (Phi) is 3.36. The van der Waals surface area contributed by atoms with Crippen molar-refractivity contribution >= 4 is 17.5 Å². The normalized spacial score (nSPS) is 10.2. The van der Waals surface area contributed by atoms with Crippen LogP contribution >= 0.6 is 11.6 Å². The highest BCUT2D eigenvalue weighted by molar-refractivity contribution is 6.30.